The second kappa shape index (κ2) is 75.2. The minimum Gasteiger partial charge on any atom is -0.462 e. The zero-order valence-corrected chi connectivity index (χ0v) is 59.7. The van der Waals surface area contributed by atoms with Crippen molar-refractivity contribution in [3.05, 3.63) is 134 Å². The van der Waals surface area contributed by atoms with E-state index in [0.29, 0.717) is 6.42 Å². The minimum absolute atomic E-state index is 0.0457. The third kappa shape index (κ3) is 75.1. The fourth-order valence-electron chi connectivity index (χ4n) is 10.5. The maximum absolute atomic E-state index is 12.8. The molecular formula is C81H140NO8P. The summed E-state index contributed by atoms with van der Waals surface area (Å²) in [4.78, 5) is 35.4. The van der Waals surface area contributed by atoms with E-state index < -0.39 is 26.5 Å². The van der Waals surface area contributed by atoms with E-state index >= 15 is 0 Å². The van der Waals surface area contributed by atoms with Crippen molar-refractivity contribution in [3.63, 3.8) is 0 Å². The van der Waals surface area contributed by atoms with Crippen molar-refractivity contribution >= 4 is 19.8 Å². The summed E-state index contributed by atoms with van der Waals surface area (Å²) in [5, 5.41) is 0. The van der Waals surface area contributed by atoms with Crippen molar-refractivity contribution in [1.82, 2.24) is 0 Å². The first kappa shape index (κ1) is 87.2. The van der Waals surface area contributed by atoms with Crippen molar-refractivity contribution < 1.29 is 37.6 Å². The average molecular weight is 1290 g/mol. The second-order valence-electron chi connectivity index (χ2n) is 24.8. The quantitative estimate of drug-likeness (QED) is 0.0264. The predicted octanol–water partition coefficient (Wildman–Crippen LogP) is 25.2. The number of hydrogen-bond acceptors (Lipinski definition) is 8. The SMILES string of the molecule is CC/C=C\C/C=C\C/C=C\C/C=C\C/C=C\C/C=C\C/C=C\C/C=C\CCCCCCCCC(=O)OC(COC(=O)CCCCCCCCCCCCCCCCCCCCCCCCCC/C=C\C/C=C\C/C=C\CCCCCCC)COP(=O)(O)OCCN. The molecule has 0 aliphatic rings. The van der Waals surface area contributed by atoms with Gasteiger partial charge in [0, 0.05) is 19.4 Å². The van der Waals surface area contributed by atoms with Gasteiger partial charge < -0.3 is 20.1 Å². The first-order chi connectivity index (χ1) is 44.8. The number of carbonyl (C=O) groups is 2. The lowest BCUT2D eigenvalue weighted by atomic mass is 10.0. The van der Waals surface area contributed by atoms with Crippen molar-refractivity contribution in [3.8, 4) is 0 Å². The van der Waals surface area contributed by atoms with Gasteiger partial charge in [0.15, 0.2) is 6.10 Å². The molecule has 0 rings (SSSR count). The van der Waals surface area contributed by atoms with Gasteiger partial charge in [-0.1, -0.05) is 340 Å². The van der Waals surface area contributed by atoms with Gasteiger partial charge in [-0.15, -0.1) is 0 Å². The van der Waals surface area contributed by atoms with Gasteiger partial charge in [-0.3, -0.25) is 18.6 Å². The molecular weight excluding hydrogens is 1150 g/mol. The molecule has 0 aliphatic carbocycles. The highest BCUT2D eigenvalue weighted by Gasteiger charge is 2.26. The molecule has 3 N–H and O–H groups in total. The first-order valence-corrected chi connectivity index (χ1v) is 39.2. The molecule has 0 radical (unpaired) electrons. The van der Waals surface area contributed by atoms with Crippen molar-refractivity contribution in [2.24, 2.45) is 5.73 Å². The van der Waals surface area contributed by atoms with E-state index in [1.54, 1.807) is 0 Å². The molecule has 0 aromatic rings. The molecule has 91 heavy (non-hydrogen) atoms. The number of carbonyl (C=O) groups excluding carboxylic acids is 2. The fraction of sp³-hybridized carbons (Fsp3) is 0.704. The lowest BCUT2D eigenvalue weighted by Gasteiger charge is -2.19. The number of ether oxygens (including phenoxy) is 2. The molecule has 0 aliphatic heterocycles. The molecule has 0 heterocycles. The number of nitrogens with two attached hydrogens (primary N) is 1. The van der Waals surface area contributed by atoms with Crippen molar-refractivity contribution in [1.29, 1.82) is 0 Å². The Labute approximate surface area is 561 Å². The van der Waals surface area contributed by atoms with Gasteiger partial charge in [0.2, 0.25) is 0 Å². The summed E-state index contributed by atoms with van der Waals surface area (Å²) in [6.45, 7) is 3.62. The summed E-state index contributed by atoms with van der Waals surface area (Å²) >= 11 is 0. The molecule has 9 nitrogen and oxygen atoms in total. The average Bonchev–Trinajstić information content (AvgIpc) is 3.71. The van der Waals surface area contributed by atoms with Crippen LogP contribution in [0.3, 0.4) is 0 Å². The van der Waals surface area contributed by atoms with E-state index in [0.717, 1.165) is 122 Å². The predicted molar refractivity (Wildman–Crippen MR) is 394 cm³/mol. The largest absolute Gasteiger partial charge is 0.472 e. The van der Waals surface area contributed by atoms with Crippen LogP contribution in [-0.2, 0) is 32.7 Å². The highest BCUT2D eigenvalue weighted by Crippen LogP contribution is 2.43. The number of allylic oxidation sites excluding steroid dienone is 22. The van der Waals surface area contributed by atoms with E-state index in [2.05, 4.69) is 148 Å². The van der Waals surface area contributed by atoms with Gasteiger partial charge in [0.25, 0.3) is 0 Å². The molecule has 0 aromatic heterocycles. The Bertz CT molecular complexity index is 1960. The molecule has 0 fully saturated rings. The van der Waals surface area contributed by atoms with Gasteiger partial charge in [-0.05, 0) is 116 Å². The van der Waals surface area contributed by atoms with Gasteiger partial charge in [-0.25, -0.2) is 4.57 Å². The Morgan fingerprint density at radius 2 is 0.604 bits per heavy atom. The Morgan fingerprint density at radius 1 is 0.341 bits per heavy atom. The topological polar surface area (TPSA) is 134 Å². The Hall–Kier alpha value is -3.85. The number of esters is 2. The molecule has 522 valence electrons. The Kier molecular flexibility index (Phi) is 72.0. The van der Waals surface area contributed by atoms with Crippen molar-refractivity contribution in [2.75, 3.05) is 26.4 Å². The van der Waals surface area contributed by atoms with E-state index in [4.69, 9.17) is 24.3 Å². The van der Waals surface area contributed by atoms with Gasteiger partial charge in [0.1, 0.15) is 6.61 Å². The van der Waals surface area contributed by atoms with E-state index in [-0.39, 0.29) is 38.6 Å². The summed E-state index contributed by atoms with van der Waals surface area (Å²) in [7, 11) is -4.41. The molecule has 0 saturated carbocycles. The van der Waals surface area contributed by atoms with Crippen LogP contribution in [0.1, 0.15) is 335 Å². The number of hydrogen-bond donors (Lipinski definition) is 2. The van der Waals surface area contributed by atoms with Gasteiger partial charge >= 0.3 is 19.8 Å². The molecule has 10 heteroatoms. The standard InChI is InChI=1S/C81H140NO8P/c1-3-5-7-9-11-13-15-17-19-21-23-25-27-29-31-33-35-36-37-38-39-40-41-42-44-45-47-49-51-53-55-57-59-61-63-65-67-69-71-73-80(83)87-77-79(78-89-91(85,86)88-76-75-82)90-81(84)74-72-70-68-66-64-62-60-58-56-54-52-50-48-46-43-34-32-30-28-26-24-22-20-18-16-14-12-10-8-6-4-2/h6,8,12,14-15,17-18,20-21,23-24,26-27,29-30,32,43,46,50,52,56,58,79H,3-5,7,9-11,13,16,19,22,25,28,31,33-42,44-45,47-49,51,53-55,57,59-78,82H2,1-2H3,(H,85,86)/b8-6-,14-12-,17-15-,20-18-,23-21-,26-24-,29-27-,32-30-,46-43-,52-50-,58-56-. The maximum Gasteiger partial charge on any atom is 0.472 e. The summed E-state index contributed by atoms with van der Waals surface area (Å²) in [5.74, 6) is -0.840. The molecule has 2 unspecified atom stereocenters. The lowest BCUT2D eigenvalue weighted by molar-refractivity contribution is -0.161. The van der Waals surface area contributed by atoms with Crippen molar-refractivity contribution in [2.45, 2.75) is 341 Å². The van der Waals surface area contributed by atoms with Gasteiger partial charge in [-0.2, -0.15) is 0 Å². The highest BCUT2D eigenvalue weighted by molar-refractivity contribution is 7.47. The summed E-state index contributed by atoms with van der Waals surface area (Å²) < 4.78 is 33.2. The fourth-order valence-corrected chi connectivity index (χ4v) is 11.3. The van der Waals surface area contributed by atoms with Crippen LogP contribution in [0.4, 0.5) is 0 Å². The Balaban J connectivity index is 3.87. The molecule has 0 bridgehead atoms. The number of rotatable bonds is 70. The Morgan fingerprint density at radius 3 is 0.901 bits per heavy atom. The maximum atomic E-state index is 12.8. The van der Waals surface area contributed by atoms with Crippen LogP contribution < -0.4 is 5.73 Å². The van der Waals surface area contributed by atoms with Crippen LogP contribution in [0.2, 0.25) is 0 Å². The normalized spacial score (nSPS) is 13.7. The van der Waals surface area contributed by atoms with Crippen LogP contribution in [0.15, 0.2) is 134 Å². The van der Waals surface area contributed by atoms with Crippen LogP contribution >= 0.6 is 7.82 Å². The first-order valence-electron chi connectivity index (χ1n) is 37.7. The van der Waals surface area contributed by atoms with Crippen LogP contribution in [0.25, 0.3) is 0 Å². The van der Waals surface area contributed by atoms with Gasteiger partial charge in [0.05, 0.1) is 13.2 Å². The zero-order valence-electron chi connectivity index (χ0n) is 58.8. The monoisotopic (exact) mass is 1290 g/mol. The smallest absolute Gasteiger partial charge is 0.462 e. The third-order valence-corrected chi connectivity index (χ3v) is 17.0. The summed E-state index contributed by atoms with van der Waals surface area (Å²) in [6, 6.07) is 0. The zero-order chi connectivity index (χ0) is 65.8. The minimum atomic E-state index is -4.41. The molecule has 0 amide bonds. The number of phosphoric ester groups is 1. The molecule has 0 spiro atoms. The van der Waals surface area contributed by atoms with E-state index in [1.807, 2.05) is 0 Å². The molecule has 2 atom stereocenters. The third-order valence-electron chi connectivity index (χ3n) is 16.0. The van der Waals surface area contributed by atoms with E-state index in [1.165, 1.54) is 180 Å². The second-order valence-corrected chi connectivity index (χ2v) is 26.2. The van der Waals surface area contributed by atoms with Crippen LogP contribution in [0.5, 0.6) is 0 Å². The number of phosphoric acid groups is 1. The van der Waals surface area contributed by atoms with Crippen LogP contribution in [0, 0.1) is 0 Å². The number of unbranched alkanes of at least 4 members (excludes halogenated alkanes) is 35. The lowest BCUT2D eigenvalue weighted by Crippen LogP contribution is -2.29. The summed E-state index contributed by atoms with van der Waals surface area (Å²) in [5.41, 5.74) is 5.41. The summed E-state index contributed by atoms with van der Waals surface area (Å²) in [6.07, 6.45) is 107. The molecule has 0 aromatic carbocycles. The molecule has 0 saturated heterocycles. The van der Waals surface area contributed by atoms with E-state index in [9.17, 15) is 19.0 Å². The van der Waals surface area contributed by atoms with Crippen LogP contribution in [-0.4, -0.2) is 49.3 Å². The highest BCUT2D eigenvalue weighted by atomic mass is 31.2.